The number of rotatable bonds is 6. The molecular formula is C24H32N2O9. The molecule has 4 rings (SSSR count). The minimum Gasteiger partial charge on any atom is -0.462 e. The third kappa shape index (κ3) is 5.49. The molecule has 0 saturated carbocycles. The van der Waals surface area contributed by atoms with Gasteiger partial charge in [-0.1, -0.05) is 0 Å². The van der Waals surface area contributed by atoms with Gasteiger partial charge in [-0.05, 0) is 65.8 Å². The maximum absolute atomic E-state index is 13.2. The molecule has 1 aromatic carbocycles. The summed E-state index contributed by atoms with van der Waals surface area (Å²) < 4.78 is 34.6. The average molecular weight is 493 g/mol. The minimum absolute atomic E-state index is 0.272. The molecule has 11 nitrogen and oxygen atoms in total. The quantitative estimate of drug-likeness (QED) is 0.570. The summed E-state index contributed by atoms with van der Waals surface area (Å²) in [5.41, 5.74) is 0.838. The van der Waals surface area contributed by atoms with Gasteiger partial charge < -0.3 is 39.1 Å². The fraction of sp³-hybridized carbons (Fsp3) is 0.625. The normalized spacial score (nSPS) is 31.1. The highest BCUT2D eigenvalue weighted by Crippen LogP contribution is 2.44. The zero-order valence-corrected chi connectivity index (χ0v) is 20.7. The Hall–Kier alpha value is -2.57. The first-order valence-corrected chi connectivity index (χ1v) is 11.6. The van der Waals surface area contributed by atoms with Gasteiger partial charge in [-0.3, -0.25) is 9.59 Å². The molecule has 11 heteroatoms. The third-order valence-electron chi connectivity index (χ3n) is 5.83. The first-order chi connectivity index (χ1) is 16.4. The summed E-state index contributed by atoms with van der Waals surface area (Å²) in [6.07, 6.45) is -3.77. The van der Waals surface area contributed by atoms with Crippen LogP contribution in [0, 0.1) is 0 Å². The van der Waals surface area contributed by atoms with Gasteiger partial charge in [-0.15, -0.1) is 0 Å². The molecule has 192 valence electrons. The first-order valence-electron chi connectivity index (χ1n) is 11.6. The number of anilines is 1. The van der Waals surface area contributed by atoms with Gasteiger partial charge in [0.15, 0.2) is 24.0 Å². The molecule has 0 unspecified atom stereocenters. The second kappa shape index (κ2) is 9.47. The van der Waals surface area contributed by atoms with Crippen LogP contribution in [0.1, 0.15) is 51.9 Å². The van der Waals surface area contributed by atoms with E-state index in [1.807, 2.05) is 0 Å². The van der Waals surface area contributed by atoms with Crippen molar-refractivity contribution in [2.45, 2.75) is 89.9 Å². The Morgan fingerprint density at radius 2 is 1.54 bits per heavy atom. The fourth-order valence-electron chi connectivity index (χ4n) is 4.34. The van der Waals surface area contributed by atoms with Crippen LogP contribution in [0.25, 0.3) is 0 Å². The maximum Gasteiger partial charge on any atom is 0.338 e. The van der Waals surface area contributed by atoms with Crippen molar-refractivity contribution < 1.29 is 42.8 Å². The topological polar surface area (TPSA) is 131 Å². The van der Waals surface area contributed by atoms with Crippen LogP contribution in [-0.4, -0.2) is 72.7 Å². The lowest BCUT2D eigenvalue weighted by atomic mass is 9.98. The molecular weight excluding hydrogens is 460 g/mol. The van der Waals surface area contributed by atoms with Crippen molar-refractivity contribution in [2.24, 2.45) is 0 Å². The summed E-state index contributed by atoms with van der Waals surface area (Å²) in [5.74, 6) is -3.27. The summed E-state index contributed by atoms with van der Waals surface area (Å²) in [4.78, 5) is 37.6. The number of ether oxygens (including phenoxy) is 6. The lowest BCUT2D eigenvalue weighted by Gasteiger charge is -2.36. The first kappa shape index (κ1) is 25.5. The molecule has 3 saturated heterocycles. The van der Waals surface area contributed by atoms with Crippen LogP contribution in [0.2, 0.25) is 0 Å². The lowest BCUT2D eigenvalue weighted by Crippen LogP contribution is -2.60. The number of carbonyl (C=O) groups is 3. The van der Waals surface area contributed by atoms with Crippen molar-refractivity contribution in [1.29, 1.82) is 0 Å². The molecule has 2 N–H and O–H groups in total. The molecule has 0 aromatic heterocycles. The molecule has 3 heterocycles. The van der Waals surface area contributed by atoms with Crippen molar-refractivity contribution in [3.05, 3.63) is 29.8 Å². The van der Waals surface area contributed by atoms with Gasteiger partial charge in [-0.2, -0.15) is 0 Å². The van der Waals surface area contributed by atoms with Crippen LogP contribution in [0.15, 0.2) is 24.3 Å². The van der Waals surface area contributed by atoms with E-state index in [2.05, 4.69) is 10.6 Å². The van der Waals surface area contributed by atoms with Gasteiger partial charge in [-0.25, -0.2) is 4.79 Å². The molecule has 3 aliphatic rings. The Morgan fingerprint density at radius 1 is 0.943 bits per heavy atom. The van der Waals surface area contributed by atoms with E-state index in [4.69, 9.17) is 28.4 Å². The minimum atomic E-state index is -1.07. The van der Waals surface area contributed by atoms with E-state index in [1.165, 1.54) is 0 Å². The van der Waals surface area contributed by atoms with Gasteiger partial charge in [0.05, 0.1) is 12.2 Å². The van der Waals surface area contributed by atoms with E-state index in [1.54, 1.807) is 65.8 Å². The van der Waals surface area contributed by atoms with Crippen LogP contribution >= 0.6 is 0 Å². The zero-order valence-electron chi connectivity index (χ0n) is 20.7. The van der Waals surface area contributed by atoms with Crippen molar-refractivity contribution in [1.82, 2.24) is 5.32 Å². The van der Waals surface area contributed by atoms with Gasteiger partial charge in [0, 0.05) is 5.69 Å². The number of fused-ring (bicyclic) bond motifs is 3. The van der Waals surface area contributed by atoms with Crippen LogP contribution in [0.4, 0.5) is 5.69 Å². The predicted octanol–water partition coefficient (Wildman–Crippen LogP) is 1.70. The van der Waals surface area contributed by atoms with Gasteiger partial charge in [0.25, 0.3) is 5.91 Å². The van der Waals surface area contributed by atoms with Gasteiger partial charge in [0.2, 0.25) is 5.91 Å². The predicted molar refractivity (Wildman–Crippen MR) is 121 cm³/mol. The second-order valence-electron chi connectivity index (χ2n) is 9.61. The smallest absolute Gasteiger partial charge is 0.338 e. The molecule has 0 aliphatic carbocycles. The number of carbonyl (C=O) groups excluding carboxylic acids is 3. The van der Waals surface area contributed by atoms with Crippen LogP contribution in [0.5, 0.6) is 0 Å². The molecule has 1 aromatic rings. The summed E-state index contributed by atoms with van der Waals surface area (Å²) in [5, 5.41) is 5.38. The molecule has 6 atom stereocenters. The number of hydrogen-bond donors (Lipinski definition) is 2. The number of benzene rings is 1. The van der Waals surface area contributed by atoms with E-state index >= 15 is 0 Å². The summed E-state index contributed by atoms with van der Waals surface area (Å²) >= 11 is 0. The van der Waals surface area contributed by atoms with Crippen molar-refractivity contribution in [2.75, 3.05) is 11.9 Å². The summed E-state index contributed by atoms with van der Waals surface area (Å²) in [6, 6.07) is 5.37. The van der Waals surface area contributed by atoms with E-state index in [0.29, 0.717) is 11.3 Å². The highest BCUT2D eigenvalue weighted by molar-refractivity contribution is 5.98. The standard InChI is InChI=1S/C24H32N2O9/c1-7-30-21(29)13-8-10-14(11-9-13)26-19(27)12(2)25-20(28)17-15-16(33-23(3,4)32-15)18-22(31-17)35-24(5,6)34-18/h8-12,15-18,22H,7H2,1-6H3,(H,25,28)(H,26,27)/t12-,15+,16-,17+,18+,22+/m0/s1. The fourth-order valence-corrected chi connectivity index (χ4v) is 4.34. The highest BCUT2D eigenvalue weighted by Gasteiger charge is 2.62. The number of esters is 1. The van der Waals surface area contributed by atoms with Gasteiger partial charge in [0.1, 0.15) is 24.4 Å². The van der Waals surface area contributed by atoms with Gasteiger partial charge >= 0.3 is 5.97 Å². The summed E-state index contributed by atoms with van der Waals surface area (Å²) in [7, 11) is 0. The van der Waals surface area contributed by atoms with Crippen LogP contribution in [0.3, 0.4) is 0 Å². The van der Waals surface area contributed by atoms with Crippen molar-refractivity contribution >= 4 is 23.5 Å². The zero-order chi connectivity index (χ0) is 25.5. The summed E-state index contributed by atoms with van der Waals surface area (Å²) in [6.45, 7) is 10.6. The Balaban J connectivity index is 1.39. The van der Waals surface area contributed by atoms with Crippen LogP contribution < -0.4 is 10.6 Å². The molecule has 0 spiro atoms. The number of amides is 2. The highest BCUT2D eigenvalue weighted by atomic mass is 16.9. The molecule has 0 bridgehead atoms. The van der Waals surface area contributed by atoms with Crippen LogP contribution in [-0.2, 0) is 38.0 Å². The molecule has 0 radical (unpaired) electrons. The van der Waals surface area contributed by atoms with E-state index in [9.17, 15) is 14.4 Å². The van der Waals surface area contributed by atoms with E-state index in [-0.39, 0.29) is 6.61 Å². The SMILES string of the molecule is CCOC(=O)c1ccc(NC(=O)[C@H](C)NC(=O)[C@@H]2O[C@@H]3OC(C)(C)O[C@@H]3[C@H]3OC(C)(C)O[C@H]32)cc1. The van der Waals surface area contributed by atoms with Crippen molar-refractivity contribution in [3.8, 4) is 0 Å². The molecule has 3 fully saturated rings. The number of nitrogens with one attached hydrogen (secondary N) is 2. The largest absolute Gasteiger partial charge is 0.462 e. The van der Waals surface area contributed by atoms with E-state index in [0.717, 1.165) is 0 Å². The molecule has 3 aliphatic heterocycles. The Bertz CT molecular complexity index is 978. The Labute approximate surface area is 203 Å². The molecule has 35 heavy (non-hydrogen) atoms. The number of hydrogen-bond acceptors (Lipinski definition) is 9. The van der Waals surface area contributed by atoms with Crippen molar-refractivity contribution in [3.63, 3.8) is 0 Å². The Morgan fingerprint density at radius 3 is 2.20 bits per heavy atom. The maximum atomic E-state index is 13.2. The second-order valence-corrected chi connectivity index (χ2v) is 9.61. The molecule has 2 amide bonds. The Kier molecular flexibility index (Phi) is 6.91. The monoisotopic (exact) mass is 492 g/mol. The van der Waals surface area contributed by atoms with E-state index < -0.39 is 66.1 Å². The average Bonchev–Trinajstić information content (AvgIpc) is 3.27. The lowest BCUT2D eigenvalue weighted by molar-refractivity contribution is -0.231. The third-order valence-corrected chi connectivity index (χ3v) is 5.83.